The Hall–Kier alpha value is -2.63. The van der Waals surface area contributed by atoms with Gasteiger partial charge in [0, 0.05) is 25.3 Å². The zero-order valence-electron chi connectivity index (χ0n) is 17.1. The molecule has 0 bridgehead atoms. The molecular formula is C22H30N4O2. The molecule has 0 aliphatic carbocycles. The molecular weight excluding hydrogens is 352 g/mol. The molecule has 2 amide bonds. The average Bonchev–Trinajstić information content (AvgIpc) is 3.08. The lowest BCUT2D eigenvalue weighted by Crippen LogP contribution is -2.32. The van der Waals surface area contributed by atoms with Crippen LogP contribution < -0.4 is 10.2 Å². The molecule has 0 atom stereocenters. The van der Waals surface area contributed by atoms with Crippen LogP contribution in [-0.4, -0.2) is 34.5 Å². The number of amides is 2. The number of aromatic nitrogens is 2. The summed E-state index contributed by atoms with van der Waals surface area (Å²) in [5, 5.41) is 2.94. The van der Waals surface area contributed by atoms with Crippen molar-refractivity contribution in [2.75, 3.05) is 18.0 Å². The number of carbonyl (C=O) groups is 2. The molecule has 1 aliphatic heterocycles. The molecule has 150 valence electrons. The van der Waals surface area contributed by atoms with Crippen LogP contribution in [0.25, 0.3) is 0 Å². The van der Waals surface area contributed by atoms with Gasteiger partial charge in [-0.05, 0) is 57.2 Å². The number of aryl methyl sites for hydroxylation is 1. The highest BCUT2D eigenvalue weighted by atomic mass is 16.2. The number of nitrogens with zero attached hydrogens (tertiary/aromatic N) is 3. The summed E-state index contributed by atoms with van der Waals surface area (Å²) in [6, 6.07) is 7.91. The molecule has 1 aliphatic rings. The number of nitrogens with one attached hydrogen (secondary N) is 1. The van der Waals surface area contributed by atoms with E-state index in [0.29, 0.717) is 24.6 Å². The Labute approximate surface area is 166 Å². The zero-order chi connectivity index (χ0) is 20.1. The number of benzene rings is 1. The Morgan fingerprint density at radius 3 is 2.79 bits per heavy atom. The summed E-state index contributed by atoms with van der Waals surface area (Å²) in [5.74, 6) is 0.0510. The van der Waals surface area contributed by atoms with E-state index in [1.807, 2.05) is 42.7 Å². The summed E-state index contributed by atoms with van der Waals surface area (Å²) < 4.78 is 1.95. The van der Waals surface area contributed by atoms with Crippen LogP contribution in [0, 0.1) is 6.92 Å². The Kier molecular flexibility index (Phi) is 6.49. The Balaban J connectivity index is 1.94. The zero-order valence-corrected chi connectivity index (χ0v) is 17.1. The molecule has 0 saturated heterocycles. The van der Waals surface area contributed by atoms with Gasteiger partial charge in [0.15, 0.2) is 11.5 Å². The third-order valence-electron chi connectivity index (χ3n) is 5.21. The molecule has 1 aromatic heterocycles. The van der Waals surface area contributed by atoms with Crippen molar-refractivity contribution >= 4 is 17.5 Å². The number of unbranched alkanes of at least 4 members (excludes halogenated alkanes) is 1. The highest BCUT2D eigenvalue weighted by Crippen LogP contribution is 2.25. The van der Waals surface area contributed by atoms with Crippen molar-refractivity contribution in [3.8, 4) is 0 Å². The van der Waals surface area contributed by atoms with Gasteiger partial charge >= 0.3 is 0 Å². The van der Waals surface area contributed by atoms with Gasteiger partial charge in [-0.15, -0.1) is 0 Å². The Morgan fingerprint density at radius 1 is 1.25 bits per heavy atom. The molecule has 6 heteroatoms. The van der Waals surface area contributed by atoms with Gasteiger partial charge in [-0.2, -0.15) is 0 Å². The van der Waals surface area contributed by atoms with E-state index in [9.17, 15) is 9.59 Å². The van der Waals surface area contributed by atoms with E-state index < -0.39 is 0 Å². The van der Waals surface area contributed by atoms with Crippen LogP contribution in [0.4, 0.5) is 5.69 Å². The molecule has 1 aromatic carbocycles. The molecule has 2 heterocycles. The Morgan fingerprint density at radius 2 is 2.07 bits per heavy atom. The largest absolute Gasteiger partial charge is 0.349 e. The molecule has 0 fully saturated rings. The van der Waals surface area contributed by atoms with Crippen molar-refractivity contribution in [2.45, 2.75) is 59.4 Å². The summed E-state index contributed by atoms with van der Waals surface area (Å²) in [4.78, 5) is 32.3. The fraction of sp³-hybridized carbons (Fsp3) is 0.500. The van der Waals surface area contributed by atoms with Crippen molar-refractivity contribution in [2.24, 2.45) is 0 Å². The van der Waals surface area contributed by atoms with Crippen LogP contribution >= 0.6 is 0 Å². The fourth-order valence-corrected chi connectivity index (χ4v) is 3.71. The number of rotatable bonds is 7. The minimum Gasteiger partial charge on any atom is -0.349 e. The minimum absolute atomic E-state index is 0.133. The SMILES string of the molecule is CCCCNC(=O)c1nc(C(=O)N(CC)c2cccc(C)c2)c2n1CCCC2. The first-order valence-corrected chi connectivity index (χ1v) is 10.3. The maximum atomic E-state index is 13.4. The summed E-state index contributed by atoms with van der Waals surface area (Å²) in [6.07, 6.45) is 4.75. The van der Waals surface area contributed by atoms with E-state index in [1.165, 1.54) is 0 Å². The summed E-state index contributed by atoms with van der Waals surface area (Å²) in [5.41, 5.74) is 3.28. The smallest absolute Gasteiger partial charge is 0.287 e. The molecule has 1 N–H and O–H groups in total. The van der Waals surface area contributed by atoms with Crippen molar-refractivity contribution in [1.29, 1.82) is 0 Å². The first kappa shape index (κ1) is 20.1. The topological polar surface area (TPSA) is 67.2 Å². The van der Waals surface area contributed by atoms with Crippen LogP contribution in [0.1, 0.15) is 71.9 Å². The predicted molar refractivity (Wildman–Crippen MR) is 111 cm³/mol. The number of imidazole rings is 1. The lowest BCUT2D eigenvalue weighted by molar-refractivity contribution is 0.0937. The highest BCUT2D eigenvalue weighted by Gasteiger charge is 2.30. The first-order valence-electron chi connectivity index (χ1n) is 10.3. The van der Waals surface area contributed by atoms with E-state index in [4.69, 9.17) is 0 Å². The van der Waals surface area contributed by atoms with Gasteiger partial charge in [0.05, 0.1) is 5.69 Å². The van der Waals surface area contributed by atoms with Gasteiger partial charge in [0.25, 0.3) is 11.8 Å². The number of hydrogen-bond donors (Lipinski definition) is 1. The van der Waals surface area contributed by atoms with Gasteiger partial charge in [-0.3, -0.25) is 9.59 Å². The van der Waals surface area contributed by atoms with Gasteiger partial charge in [-0.25, -0.2) is 4.98 Å². The molecule has 0 saturated carbocycles. The highest BCUT2D eigenvalue weighted by molar-refractivity contribution is 6.06. The number of carbonyl (C=O) groups excluding carboxylic acids is 2. The maximum Gasteiger partial charge on any atom is 0.287 e. The first-order chi connectivity index (χ1) is 13.6. The molecule has 0 unspecified atom stereocenters. The van der Waals surface area contributed by atoms with Crippen LogP contribution in [0.5, 0.6) is 0 Å². The predicted octanol–water partition coefficient (Wildman–Crippen LogP) is 3.72. The van der Waals surface area contributed by atoms with E-state index in [2.05, 4.69) is 17.2 Å². The van der Waals surface area contributed by atoms with Crippen LogP contribution in [-0.2, 0) is 13.0 Å². The van der Waals surface area contributed by atoms with E-state index >= 15 is 0 Å². The van der Waals surface area contributed by atoms with Crippen LogP contribution in [0.15, 0.2) is 24.3 Å². The molecule has 28 heavy (non-hydrogen) atoms. The Bertz CT molecular complexity index is 856. The van der Waals surface area contributed by atoms with Gasteiger partial charge in [0.2, 0.25) is 0 Å². The maximum absolute atomic E-state index is 13.4. The van der Waals surface area contributed by atoms with Crippen molar-refractivity contribution in [1.82, 2.24) is 14.9 Å². The summed E-state index contributed by atoms with van der Waals surface area (Å²) >= 11 is 0. The second-order valence-corrected chi connectivity index (χ2v) is 7.34. The van der Waals surface area contributed by atoms with Gasteiger partial charge in [0.1, 0.15) is 0 Å². The minimum atomic E-state index is -0.186. The van der Waals surface area contributed by atoms with Gasteiger partial charge in [-0.1, -0.05) is 25.5 Å². The van der Waals surface area contributed by atoms with Crippen molar-refractivity contribution in [3.05, 3.63) is 47.0 Å². The number of anilines is 1. The van der Waals surface area contributed by atoms with E-state index in [1.54, 1.807) is 4.90 Å². The molecule has 2 aromatic rings. The van der Waals surface area contributed by atoms with Crippen molar-refractivity contribution in [3.63, 3.8) is 0 Å². The normalized spacial score (nSPS) is 13.1. The van der Waals surface area contributed by atoms with Crippen LogP contribution in [0.3, 0.4) is 0 Å². The third-order valence-corrected chi connectivity index (χ3v) is 5.21. The summed E-state index contributed by atoms with van der Waals surface area (Å²) in [7, 11) is 0. The molecule has 0 radical (unpaired) electrons. The quantitative estimate of drug-likeness (QED) is 0.742. The standard InChI is InChI=1S/C22H30N4O2/c1-4-6-13-23-21(27)20-24-19(18-12-7-8-14-26(18)20)22(28)25(5-2)17-11-9-10-16(3)15-17/h9-11,15H,4-8,12-14H2,1-3H3,(H,23,27). The van der Waals surface area contributed by atoms with Gasteiger partial charge < -0.3 is 14.8 Å². The van der Waals surface area contributed by atoms with E-state index in [0.717, 1.165) is 55.6 Å². The monoisotopic (exact) mass is 382 g/mol. The number of fused-ring (bicyclic) bond motifs is 1. The second-order valence-electron chi connectivity index (χ2n) is 7.34. The second kappa shape index (κ2) is 9.04. The third kappa shape index (κ3) is 4.11. The molecule has 3 rings (SSSR count). The van der Waals surface area contributed by atoms with Crippen molar-refractivity contribution < 1.29 is 9.59 Å². The molecule has 6 nitrogen and oxygen atoms in total. The van der Waals surface area contributed by atoms with Crippen LogP contribution in [0.2, 0.25) is 0 Å². The lowest BCUT2D eigenvalue weighted by atomic mass is 10.1. The molecule has 0 spiro atoms. The lowest BCUT2D eigenvalue weighted by Gasteiger charge is -2.22. The summed E-state index contributed by atoms with van der Waals surface area (Å²) in [6.45, 7) is 7.98. The van der Waals surface area contributed by atoms with E-state index in [-0.39, 0.29) is 11.8 Å². The fourth-order valence-electron chi connectivity index (χ4n) is 3.71. The average molecular weight is 383 g/mol. The number of hydrogen-bond acceptors (Lipinski definition) is 3.